The predicted octanol–water partition coefficient (Wildman–Crippen LogP) is 2.09. The Kier molecular flexibility index (Phi) is 4.28. The first kappa shape index (κ1) is 16.4. The summed E-state index contributed by atoms with van der Waals surface area (Å²) in [6.07, 6.45) is 2.41. The minimum atomic E-state index is -3.32. The number of sulfonamides is 1. The lowest BCUT2D eigenvalue weighted by Crippen LogP contribution is -2.35. The zero-order valence-electron chi connectivity index (χ0n) is 13.0. The average molecular weight is 348 g/mol. The number of nitrogens with one attached hydrogen (secondary N) is 2. The van der Waals surface area contributed by atoms with Gasteiger partial charge >= 0.3 is 0 Å². The van der Waals surface area contributed by atoms with Crippen LogP contribution in [0.5, 0.6) is 0 Å². The van der Waals surface area contributed by atoms with Crippen LogP contribution in [0.3, 0.4) is 0 Å². The quantitative estimate of drug-likeness (QED) is 0.888. The molecule has 3 rings (SSSR count). The number of benzene rings is 2. The molecular weight excluding hydrogens is 331 g/mol. The summed E-state index contributed by atoms with van der Waals surface area (Å²) in [4.78, 5) is 12.2. The van der Waals surface area contributed by atoms with E-state index < -0.39 is 10.0 Å². The number of carbonyl (C=O) groups excluding carboxylic acids is 1. The van der Waals surface area contributed by atoms with E-state index in [1.807, 2.05) is 6.07 Å². The van der Waals surface area contributed by atoms with Crippen LogP contribution in [-0.4, -0.2) is 26.6 Å². The third-order valence-electron chi connectivity index (χ3n) is 3.88. The Bertz CT molecular complexity index is 879. The van der Waals surface area contributed by atoms with E-state index in [2.05, 4.69) is 10.0 Å². The van der Waals surface area contributed by atoms with Gasteiger partial charge in [-0.15, -0.1) is 0 Å². The molecule has 2 N–H and O–H groups in total. The van der Waals surface area contributed by atoms with E-state index in [0.29, 0.717) is 24.1 Å². The monoisotopic (exact) mass is 348 g/mol. The normalized spacial score (nSPS) is 16.5. The molecular formula is C17H17FN2O3S. The van der Waals surface area contributed by atoms with Crippen LogP contribution in [0.4, 0.5) is 10.1 Å². The van der Waals surface area contributed by atoms with Gasteiger partial charge in [0.05, 0.1) is 6.26 Å². The Balaban J connectivity index is 1.68. The molecule has 126 valence electrons. The van der Waals surface area contributed by atoms with Crippen LogP contribution in [0.1, 0.15) is 21.5 Å². The molecule has 0 saturated carbocycles. The molecule has 24 heavy (non-hydrogen) atoms. The van der Waals surface area contributed by atoms with Crippen molar-refractivity contribution in [3.05, 3.63) is 65.0 Å². The summed E-state index contributed by atoms with van der Waals surface area (Å²) in [5, 5.41) is 2.93. The zero-order chi connectivity index (χ0) is 17.3. The Morgan fingerprint density at radius 1 is 1.08 bits per heavy atom. The van der Waals surface area contributed by atoms with E-state index in [9.17, 15) is 17.6 Å². The molecule has 0 aliphatic heterocycles. The first-order valence-electron chi connectivity index (χ1n) is 7.46. The first-order valence-corrected chi connectivity index (χ1v) is 9.35. The van der Waals surface area contributed by atoms with Gasteiger partial charge in [-0.25, -0.2) is 12.8 Å². The number of rotatable bonds is 4. The van der Waals surface area contributed by atoms with Crippen LogP contribution < -0.4 is 10.0 Å². The molecule has 0 radical (unpaired) electrons. The van der Waals surface area contributed by atoms with E-state index in [1.165, 1.54) is 24.3 Å². The molecule has 1 unspecified atom stereocenters. The SMILES string of the molecule is CS(=O)(=O)Nc1ccc2c(c1)CC(NC(=O)c1ccc(F)cc1)C2. The molecule has 0 heterocycles. The van der Waals surface area contributed by atoms with Crippen molar-refractivity contribution in [1.29, 1.82) is 0 Å². The van der Waals surface area contributed by atoms with Gasteiger partial charge in [0, 0.05) is 17.3 Å². The number of anilines is 1. The maximum absolute atomic E-state index is 12.9. The summed E-state index contributed by atoms with van der Waals surface area (Å²) in [6.45, 7) is 0. The largest absolute Gasteiger partial charge is 0.349 e. The summed E-state index contributed by atoms with van der Waals surface area (Å²) in [6, 6.07) is 10.7. The molecule has 2 aromatic carbocycles. The zero-order valence-corrected chi connectivity index (χ0v) is 13.9. The van der Waals surface area contributed by atoms with Crippen molar-refractivity contribution in [3.8, 4) is 0 Å². The number of hydrogen-bond donors (Lipinski definition) is 2. The van der Waals surface area contributed by atoms with Gasteiger partial charge in [-0.3, -0.25) is 9.52 Å². The minimum Gasteiger partial charge on any atom is -0.349 e. The lowest BCUT2D eigenvalue weighted by Gasteiger charge is -2.12. The minimum absolute atomic E-state index is 0.0639. The fraction of sp³-hybridized carbons (Fsp3) is 0.235. The molecule has 0 fully saturated rings. The Labute approximate surface area is 139 Å². The van der Waals surface area contributed by atoms with Crippen molar-refractivity contribution in [3.63, 3.8) is 0 Å². The van der Waals surface area contributed by atoms with Crippen LogP contribution in [0.25, 0.3) is 0 Å². The summed E-state index contributed by atoms with van der Waals surface area (Å²) >= 11 is 0. The average Bonchev–Trinajstić information content (AvgIpc) is 2.87. The van der Waals surface area contributed by atoms with E-state index in [1.54, 1.807) is 12.1 Å². The number of halogens is 1. The molecule has 0 aromatic heterocycles. The van der Waals surface area contributed by atoms with Gasteiger partial charge in [0.1, 0.15) is 5.82 Å². The van der Waals surface area contributed by atoms with E-state index in [0.717, 1.165) is 17.4 Å². The molecule has 2 aromatic rings. The van der Waals surface area contributed by atoms with Gasteiger partial charge in [0.2, 0.25) is 10.0 Å². The molecule has 0 bridgehead atoms. The first-order chi connectivity index (χ1) is 11.3. The van der Waals surface area contributed by atoms with E-state index in [-0.39, 0.29) is 17.8 Å². The molecule has 0 saturated heterocycles. The van der Waals surface area contributed by atoms with Gasteiger partial charge in [-0.2, -0.15) is 0 Å². The highest BCUT2D eigenvalue weighted by Gasteiger charge is 2.23. The molecule has 1 aliphatic carbocycles. The van der Waals surface area contributed by atoms with Gasteiger partial charge in [-0.1, -0.05) is 6.07 Å². The predicted molar refractivity (Wildman–Crippen MR) is 90.0 cm³/mol. The highest BCUT2D eigenvalue weighted by atomic mass is 32.2. The van der Waals surface area contributed by atoms with Gasteiger partial charge in [0.25, 0.3) is 5.91 Å². The summed E-state index contributed by atoms with van der Waals surface area (Å²) in [7, 11) is -3.32. The van der Waals surface area contributed by atoms with E-state index in [4.69, 9.17) is 0 Å². The lowest BCUT2D eigenvalue weighted by molar-refractivity contribution is 0.0938. The molecule has 5 nitrogen and oxygen atoms in total. The smallest absolute Gasteiger partial charge is 0.251 e. The topological polar surface area (TPSA) is 75.3 Å². The fourth-order valence-corrected chi connectivity index (χ4v) is 3.42. The Hall–Kier alpha value is -2.41. The third-order valence-corrected chi connectivity index (χ3v) is 4.49. The van der Waals surface area contributed by atoms with Crippen molar-refractivity contribution in [2.45, 2.75) is 18.9 Å². The standard InChI is InChI=1S/C17H17FN2O3S/c1-24(22,23)20-15-7-4-12-8-16(10-13(12)9-15)19-17(21)11-2-5-14(18)6-3-11/h2-7,9,16,20H,8,10H2,1H3,(H,19,21). The molecule has 0 spiro atoms. The van der Waals surface area contributed by atoms with Crippen molar-refractivity contribution >= 4 is 21.6 Å². The van der Waals surface area contributed by atoms with Crippen molar-refractivity contribution in [2.24, 2.45) is 0 Å². The number of fused-ring (bicyclic) bond motifs is 1. The summed E-state index contributed by atoms with van der Waals surface area (Å²) in [5.74, 6) is -0.631. The maximum atomic E-state index is 12.9. The molecule has 7 heteroatoms. The van der Waals surface area contributed by atoms with Crippen LogP contribution in [0, 0.1) is 5.82 Å². The van der Waals surface area contributed by atoms with Crippen molar-refractivity contribution < 1.29 is 17.6 Å². The number of carbonyl (C=O) groups is 1. The molecule has 1 aliphatic rings. The van der Waals surface area contributed by atoms with Gasteiger partial charge in [-0.05, 0) is 60.4 Å². The summed E-state index contributed by atoms with van der Waals surface area (Å²) < 4.78 is 37.9. The van der Waals surface area contributed by atoms with Crippen molar-refractivity contribution in [1.82, 2.24) is 5.32 Å². The van der Waals surface area contributed by atoms with Crippen LogP contribution >= 0.6 is 0 Å². The van der Waals surface area contributed by atoms with Gasteiger partial charge < -0.3 is 5.32 Å². The second kappa shape index (κ2) is 6.24. The highest BCUT2D eigenvalue weighted by Crippen LogP contribution is 2.26. The van der Waals surface area contributed by atoms with Crippen LogP contribution in [0.15, 0.2) is 42.5 Å². The second-order valence-electron chi connectivity index (χ2n) is 5.94. The number of hydrogen-bond acceptors (Lipinski definition) is 3. The van der Waals surface area contributed by atoms with Crippen LogP contribution in [0.2, 0.25) is 0 Å². The number of amides is 1. The second-order valence-corrected chi connectivity index (χ2v) is 7.69. The highest BCUT2D eigenvalue weighted by molar-refractivity contribution is 7.92. The third kappa shape index (κ3) is 3.91. The fourth-order valence-electron chi connectivity index (χ4n) is 2.87. The molecule has 1 amide bonds. The maximum Gasteiger partial charge on any atom is 0.251 e. The Morgan fingerprint density at radius 3 is 2.42 bits per heavy atom. The van der Waals surface area contributed by atoms with Crippen LogP contribution in [-0.2, 0) is 22.9 Å². The van der Waals surface area contributed by atoms with Gasteiger partial charge in [0.15, 0.2) is 0 Å². The lowest BCUT2D eigenvalue weighted by atomic mass is 10.1. The van der Waals surface area contributed by atoms with E-state index >= 15 is 0 Å². The summed E-state index contributed by atoms with van der Waals surface area (Å²) in [5.41, 5.74) is 3.01. The molecule has 1 atom stereocenters. The van der Waals surface area contributed by atoms with Crippen molar-refractivity contribution in [2.75, 3.05) is 11.0 Å². The Morgan fingerprint density at radius 2 is 1.75 bits per heavy atom.